The van der Waals surface area contributed by atoms with Crippen LogP contribution in [0.2, 0.25) is 0 Å². The topological polar surface area (TPSA) is 95.5 Å². The maximum Gasteiger partial charge on any atom is 0.335 e. The first-order valence-corrected chi connectivity index (χ1v) is 9.05. The Morgan fingerprint density at radius 1 is 0.724 bits per heavy atom. The van der Waals surface area contributed by atoms with Gasteiger partial charge in [0.2, 0.25) is 5.91 Å². The molecule has 3 aromatic rings. The van der Waals surface area contributed by atoms with E-state index in [2.05, 4.69) is 10.6 Å². The molecule has 0 saturated carbocycles. The fourth-order valence-electron chi connectivity index (χ4n) is 2.75. The molecule has 3 rings (SSSR count). The van der Waals surface area contributed by atoms with Gasteiger partial charge in [-0.1, -0.05) is 42.5 Å². The van der Waals surface area contributed by atoms with Gasteiger partial charge in [-0.2, -0.15) is 0 Å². The quantitative estimate of drug-likeness (QED) is 0.515. The van der Waals surface area contributed by atoms with Crippen LogP contribution in [-0.4, -0.2) is 29.3 Å². The average Bonchev–Trinajstić information content (AvgIpc) is 2.75. The zero-order valence-electron chi connectivity index (χ0n) is 15.6. The number of benzene rings is 3. The number of nitrogens with one attached hydrogen (secondary N) is 2. The number of ketones is 1. The molecule has 0 aliphatic heterocycles. The molecule has 6 heteroatoms. The molecule has 0 aliphatic rings. The van der Waals surface area contributed by atoms with Crippen molar-refractivity contribution in [1.29, 1.82) is 0 Å². The Labute approximate surface area is 168 Å². The smallest absolute Gasteiger partial charge is 0.335 e. The molecule has 1 amide bonds. The maximum atomic E-state index is 12.4. The predicted molar refractivity (Wildman–Crippen MR) is 110 cm³/mol. The maximum absolute atomic E-state index is 12.4. The van der Waals surface area contributed by atoms with E-state index >= 15 is 0 Å². The molecule has 0 unspecified atom stereocenters. The largest absolute Gasteiger partial charge is 0.478 e. The Balaban J connectivity index is 1.48. The molecule has 3 aromatic carbocycles. The SMILES string of the molecule is O=C(CNCc1ccc(C(=O)O)cc1)Nc1ccc(C(=O)c2ccccc2)cc1. The molecule has 29 heavy (non-hydrogen) atoms. The second-order valence-electron chi connectivity index (χ2n) is 6.43. The van der Waals surface area contributed by atoms with Crippen molar-refractivity contribution < 1.29 is 19.5 Å². The fourth-order valence-corrected chi connectivity index (χ4v) is 2.75. The molecule has 0 fully saturated rings. The highest BCUT2D eigenvalue weighted by Gasteiger charge is 2.09. The van der Waals surface area contributed by atoms with Gasteiger partial charge < -0.3 is 15.7 Å². The van der Waals surface area contributed by atoms with Crippen LogP contribution in [0, 0.1) is 0 Å². The third-order valence-corrected chi connectivity index (χ3v) is 4.28. The van der Waals surface area contributed by atoms with Gasteiger partial charge in [0.05, 0.1) is 12.1 Å². The summed E-state index contributed by atoms with van der Waals surface area (Å²) in [4.78, 5) is 35.3. The van der Waals surface area contributed by atoms with Crippen molar-refractivity contribution in [3.05, 3.63) is 101 Å². The van der Waals surface area contributed by atoms with E-state index in [4.69, 9.17) is 5.11 Å². The number of hydrogen-bond acceptors (Lipinski definition) is 4. The molecular formula is C23H20N2O4. The molecule has 146 valence electrons. The normalized spacial score (nSPS) is 10.3. The van der Waals surface area contributed by atoms with Crippen molar-refractivity contribution in [2.75, 3.05) is 11.9 Å². The second-order valence-corrected chi connectivity index (χ2v) is 6.43. The number of rotatable bonds is 8. The number of aromatic carboxylic acids is 1. The number of carbonyl (C=O) groups is 3. The molecule has 0 spiro atoms. The first kappa shape index (κ1) is 20.0. The molecule has 6 nitrogen and oxygen atoms in total. The van der Waals surface area contributed by atoms with E-state index < -0.39 is 5.97 Å². The van der Waals surface area contributed by atoms with Crippen LogP contribution in [0.15, 0.2) is 78.9 Å². The van der Waals surface area contributed by atoms with E-state index in [0.717, 1.165) is 5.56 Å². The lowest BCUT2D eigenvalue weighted by Gasteiger charge is -2.08. The predicted octanol–water partition coefficient (Wildman–Crippen LogP) is 3.34. The Morgan fingerprint density at radius 3 is 1.93 bits per heavy atom. The van der Waals surface area contributed by atoms with Crippen LogP contribution in [0.1, 0.15) is 31.8 Å². The minimum Gasteiger partial charge on any atom is -0.478 e. The lowest BCUT2D eigenvalue weighted by Crippen LogP contribution is -2.27. The standard InChI is InChI=1S/C23H20N2O4/c26-21(15-24-14-16-6-8-19(9-7-16)23(28)29)25-20-12-10-18(11-13-20)22(27)17-4-2-1-3-5-17/h1-13,24H,14-15H2,(H,25,26)(H,28,29). The number of carboxylic acids is 1. The zero-order chi connectivity index (χ0) is 20.6. The van der Waals surface area contributed by atoms with Crippen molar-refractivity contribution >= 4 is 23.3 Å². The molecule has 0 atom stereocenters. The monoisotopic (exact) mass is 388 g/mol. The summed E-state index contributed by atoms with van der Waals surface area (Å²) in [5, 5.41) is 14.7. The van der Waals surface area contributed by atoms with Crippen LogP contribution in [0.3, 0.4) is 0 Å². The number of amides is 1. The van der Waals surface area contributed by atoms with Crippen molar-refractivity contribution in [3.8, 4) is 0 Å². The van der Waals surface area contributed by atoms with Crippen molar-refractivity contribution in [2.24, 2.45) is 0 Å². The molecule has 0 bridgehead atoms. The summed E-state index contributed by atoms with van der Waals surface area (Å²) in [5.41, 5.74) is 2.88. The number of anilines is 1. The summed E-state index contributed by atoms with van der Waals surface area (Å²) in [6.07, 6.45) is 0. The Morgan fingerprint density at radius 2 is 1.31 bits per heavy atom. The van der Waals surface area contributed by atoms with Gasteiger partial charge >= 0.3 is 5.97 Å². The van der Waals surface area contributed by atoms with Crippen LogP contribution < -0.4 is 10.6 Å². The first-order chi connectivity index (χ1) is 14.0. The van der Waals surface area contributed by atoms with Gasteiger partial charge in [-0.3, -0.25) is 9.59 Å². The van der Waals surface area contributed by atoms with Gasteiger partial charge in [0.1, 0.15) is 0 Å². The van der Waals surface area contributed by atoms with Gasteiger partial charge in [-0.25, -0.2) is 4.79 Å². The van der Waals surface area contributed by atoms with E-state index in [1.807, 2.05) is 18.2 Å². The van der Waals surface area contributed by atoms with Crippen LogP contribution in [0.5, 0.6) is 0 Å². The molecule has 0 heterocycles. The third kappa shape index (κ3) is 5.60. The van der Waals surface area contributed by atoms with Crippen molar-refractivity contribution in [1.82, 2.24) is 5.32 Å². The highest BCUT2D eigenvalue weighted by atomic mass is 16.4. The molecule has 0 saturated heterocycles. The van der Waals surface area contributed by atoms with Crippen LogP contribution in [-0.2, 0) is 11.3 Å². The highest BCUT2D eigenvalue weighted by molar-refractivity contribution is 6.09. The summed E-state index contributed by atoms with van der Waals surface area (Å²) in [6, 6.07) is 22.2. The van der Waals surface area contributed by atoms with Crippen molar-refractivity contribution in [3.63, 3.8) is 0 Å². The molecule has 0 radical (unpaired) electrons. The van der Waals surface area contributed by atoms with Crippen molar-refractivity contribution in [2.45, 2.75) is 6.54 Å². The lowest BCUT2D eigenvalue weighted by molar-refractivity contribution is -0.115. The zero-order valence-corrected chi connectivity index (χ0v) is 15.6. The summed E-state index contributed by atoms with van der Waals surface area (Å²) in [7, 11) is 0. The van der Waals surface area contributed by atoms with E-state index in [9.17, 15) is 14.4 Å². The summed E-state index contributed by atoms with van der Waals surface area (Å²) in [5.74, 6) is -1.26. The lowest BCUT2D eigenvalue weighted by atomic mass is 10.0. The molecule has 3 N–H and O–H groups in total. The van der Waals surface area contributed by atoms with Gasteiger partial charge in [0, 0.05) is 23.4 Å². The Kier molecular flexibility index (Phi) is 6.50. The molecule has 0 aliphatic carbocycles. The van der Waals surface area contributed by atoms with E-state index in [0.29, 0.717) is 23.4 Å². The second kappa shape index (κ2) is 9.43. The summed E-state index contributed by atoms with van der Waals surface area (Å²) < 4.78 is 0. The van der Waals surface area contributed by atoms with Gasteiger partial charge in [0.15, 0.2) is 5.78 Å². The fraction of sp³-hybridized carbons (Fsp3) is 0.0870. The first-order valence-electron chi connectivity index (χ1n) is 9.05. The van der Waals surface area contributed by atoms with E-state index in [1.165, 1.54) is 12.1 Å². The minimum atomic E-state index is -0.972. The number of hydrogen-bond donors (Lipinski definition) is 3. The van der Waals surface area contributed by atoms with Gasteiger partial charge in [-0.05, 0) is 42.0 Å². The van der Waals surface area contributed by atoms with Crippen LogP contribution in [0.4, 0.5) is 5.69 Å². The van der Waals surface area contributed by atoms with E-state index in [1.54, 1.807) is 48.5 Å². The average molecular weight is 388 g/mol. The highest BCUT2D eigenvalue weighted by Crippen LogP contribution is 2.14. The Bertz CT molecular complexity index is 997. The minimum absolute atomic E-state index is 0.0703. The summed E-state index contributed by atoms with van der Waals surface area (Å²) in [6.45, 7) is 0.545. The Hall–Kier alpha value is -3.77. The number of carboxylic acid groups (broad SMARTS) is 1. The van der Waals surface area contributed by atoms with Crippen LogP contribution in [0.25, 0.3) is 0 Å². The third-order valence-electron chi connectivity index (χ3n) is 4.28. The van der Waals surface area contributed by atoms with Gasteiger partial charge in [0.25, 0.3) is 0 Å². The van der Waals surface area contributed by atoms with E-state index in [-0.39, 0.29) is 23.8 Å². The number of carbonyl (C=O) groups excluding carboxylic acids is 2. The molecule has 0 aromatic heterocycles. The molecular weight excluding hydrogens is 368 g/mol. The van der Waals surface area contributed by atoms with Crippen LogP contribution >= 0.6 is 0 Å². The van der Waals surface area contributed by atoms with Gasteiger partial charge in [-0.15, -0.1) is 0 Å². The summed E-state index contributed by atoms with van der Waals surface area (Å²) >= 11 is 0.